The average molecular weight is 347 g/mol. The molecule has 5 nitrogen and oxygen atoms in total. The van der Waals surface area contributed by atoms with Gasteiger partial charge in [-0.2, -0.15) is 0 Å². The van der Waals surface area contributed by atoms with Crippen molar-refractivity contribution in [3.63, 3.8) is 0 Å². The monoisotopic (exact) mass is 347 g/mol. The highest BCUT2D eigenvalue weighted by atomic mass is 32.1. The summed E-state index contributed by atoms with van der Waals surface area (Å²) in [5, 5.41) is 11.4. The number of hydrogen-bond acceptors (Lipinski definition) is 5. The fraction of sp³-hybridized carbons (Fsp3) is 0.0625. The number of anilines is 1. The first-order valence-electron chi connectivity index (χ1n) is 6.88. The molecular weight excluding hydrogens is 336 g/mol. The van der Waals surface area contributed by atoms with Gasteiger partial charge in [0.05, 0.1) is 0 Å². The van der Waals surface area contributed by atoms with E-state index >= 15 is 0 Å². The van der Waals surface area contributed by atoms with E-state index in [0.29, 0.717) is 16.2 Å². The number of rotatable bonds is 5. The van der Waals surface area contributed by atoms with Crippen LogP contribution in [0.25, 0.3) is 10.6 Å². The van der Waals surface area contributed by atoms with E-state index in [1.165, 1.54) is 11.3 Å². The third-order valence-corrected chi connectivity index (χ3v) is 3.83. The van der Waals surface area contributed by atoms with Crippen LogP contribution in [0.5, 0.6) is 5.75 Å². The van der Waals surface area contributed by atoms with Crippen molar-refractivity contribution in [2.75, 3.05) is 11.9 Å². The van der Waals surface area contributed by atoms with Gasteiger partial charge in [-0.3, -0.25) is 10.1 Å². The van der Waals surface area contributed by atoms with E-state index in [9.17, 15) is 13.6 Å². The van der Waals surface area contributed by atoms with Gasteiger partial charge in [0.2, 0.25) is 5.13 Å². The van der Waals surface area contributed by atoms with Crippen LogP contribution in [0.2, 0.25) is 0 Å². The predicted molar refractivity (Wildman–Crippen MR) is 85.8 cm³/mol. The first kappa shape index (κ1) is 16.0. The Morgan fingerprint density at radius 1 is 1.12 bits per heavy atom. The molecule has 0 unspecified atom stereocenters. The summed E-state index contributed by atoms with van der Waals surface area (Å²) in [7, 11) is 0. The highest BCUT2D eigenvalue weighted by molar-refractivity contribution is 7.18. The van der Waals surface area contributed by atoms with Crippen LogP contribution in [0, 0.1) is 11.6 Å². The molecule has 8 heteroatoms. The van der Waals surface area contributed by atoms with Crippen LogP contribution < -0.4 is 10.1 Å². The van der Waals surface area contributed by atoms with Gasteiger partial charge in [-0.15, -0.1) is 10.2 Å². The van der Waals surface area contributed by atoms with Crippen LogP contribution in [0.15, 0.2) is 48.5 Å². The maximum Gasteiger partial charge on any atom is 0.264 e. The second-order valence-corrected chi connectivity index (χ2v) is 5.67. The van der Waals surface area contributed by atoms with E-state index < -0.39 is 24.1 Å². The Bertz CT molecular complexity index is 856. The molecule has 0 bridgehead atoms. The summed E-state index contributed by atoms with van der Waals surface area (Å²) in [6.07, 6.45) is 0. The summed E-state index contributed by atoms with van der Waals surface area (Å²) in [6, 6.07) is 12.3. The molecular formula is C16H11F2N3O2S. The molecule has 0 radical (unpaired) electrons. The van der Waals surface area contributed by atoms with Crippen molar-refractivity contribution in [2.24, 2.45) is 0 Å². The number of nitrogens with zero attached hydrogens (tertiary/aromatic N) is 2. The van der Waals surface area contributed by atoms with Crippen molar-refractivity contribution in [3.8, 4) is 16.3 Å². The number of aromatic nitrogens is 2. The number of hydrogen-bond donors (Lipinski definition) is 1. The van der Waals surface area contributed by atoms with Crippen LogP contribution in [0.1, 0.15) is 0 Å². The van der Waals surface area contributed by atoms with Crippen LogP contribution >= 0.6 is 11.3 Å². The molecule has 0 aliphatic rings. The number of amides is 1. The lowest BCUT2D eigenvalue weighted by atomic mass is 10.2. The zero-order valence-corrected chi connectivity index (χ0v) is 13.0. The highest BCUT2D eigenvalue weighted by Gasteiger charge is 2.11. The van der Waals surface area contributed by atoms with Gasteiger partial charge in [0.25, 0.3) is 5.91 Å². The smallest absolute Gasteiger partial charge is 0.264 e. The van der Waals surface area contributed by atoms with E-state index in [-0.39, 0.29) is 5.75 Å². The van der Waals surface area contributed by atoms with Crippen molar-refractivity contribution in [1.82, 2.24) is 10.2 Å². The highest BCUT2D eigenvalue weighted by Crippen LogP contribution is 2.25. The number of nitrogens with one attached hydrogen (secondary N) is 1. The Morgan fingerprint density at radius 2 is 1.92 bits per heavy atom. The Labute approximate surface area is 139 Å². The van der Waals surface area contributed by atoms with Crippen molar-refractivity contribution in [1.29, 1.82) is 0 Å². The standard InChI is InChI=1S/C16H11F2N3O2S/c17-11-6-7-13(12(18)8-11)23-9-14(22)19-16-21-20-15(24-16)10-4-2-1-3-5-10/h1-8H,9H2,(H,19,21,22). The molecule has 0 saturated heterocycles. The SMILES string of the molecule is O=C(COc1ccc(F)cc1F)Nc1nnc(-c2ccccc2)s1. The van der Waals surface area contributed by atoms with Crippen molar-refractivity contribution in [3.05, 3.63) is 60.2 Å². The molecule has 122 valence electrons. The van der Waals surface area contributed by atoms with E-state index in [2.05, 4.69) is 15.5 Å². The molecule has 0 aliphatic carbocycles. The largest absolute Gasteiger partial charge is 0.481 e. The summed E-state index contributed by atoms with van der Waals surface area (Å²) in [4.78, 5) is 11.8. The topological polar surface area (TPSA) is 64.1 Å². The number of carbonyl (C=O) groups excluding carboxylic acids is 1. The molecule has 1 N–H and O–H groups in total. The lowest BCUT2D eigenvalue weighted by molar-refractivity contribution is -0.118. The number of benzene rings is 2. The molecule has 3 rings (SSSR count). The summed E-state index contributed by atoms with van der Waals surface area (Å²) in [6.45, 7) is -0.428. The van der Waals surface area contributed by atoms with Gasteiger partial charge < -0.3 is 4.74 Å². The summed E-state index contributed by atoms with van der Waals surface area (Å²) in [5.41, 5.74) is 0.889. The molecule has 2 aromatic carbocycles. The van der Waals surface area contributed by atoms with E-state index in [0.717, 1.165) is 17.7 Å². The van der Waals surface area contributed by atoms with E-state index in [4.69, 9.17) is 4.74 Å². The van der Waals surface area contributed by atoms with E-state index in [1.54, 1.807) is 0 Å². The molecule has 0 fully saturated rings. The van der Waals surface area contributed by atoms with Gasteiger partial charge >= 0.3 is 0 Å². The molecule has 0 saturated carbocycles. The van der Waals surface area contributed by atoms with Crippen molar-refractivity contribution in [2.45, 2.75) is 0 Å². The van der Waals surface area contributed by atoms with Gasteiger partial charge in [0.15, 0.2) is 18.2 Å². The zero-order valence-electron chi connectivity index (χ0n) is 12.2. The minimum Gasteiger partial charge on any atom is -0.481 e. The second kappa shape index (κ2) is 7.14. The molecule has 0 aliphatic heterocycles. The van der Waals surface area contributed by atoms with Gasteiger partial charge in [0.1, 0.15) is 10.8 Å². The van der Waals surface area contributed by atoms with Gasteiger partial charge in [-0.25, -0.2) is 8.78 Å². The maximum absolute atomic E-state index is 13.4. The van der Waals surface area contributed by atoms with Crippen LogP contribution in [0.3, 0.4) is 0 Å². The summed E-state index contributed by atoms with van der Waals surface area (Å²) in [5.74, 6) is -2.31. The molecule has 0 atom stereocenters. The fourth-order valence-corrected chi connectivity index (χ4v) is 2.63. The lowest BCUT2D eigenvalue weighted by Crippen LogP contribution is -2.20. The molecule has 3 aromatic rings. The normalized spacial score (nSPS) is 10.4. The van der Waals surface area contributed by atoms with Gasteiger partial charge in [0, 0.05) is 11.6 Å². The zero-order chi connectivity index (χ0) is 16.9. The fourth-order valence-electron chi connectivity index (χ4n) is 1.86. The Hall–Kier alpha value is -2.87. The molecule has 1 amide bonds. The third kappa shape index (κ3) is 3.90. The summed E-state index contributed by atoms with van der Waals surface area (Å²) >= 11 is 1.21. The average Bonchev–Trinajstić information content (AvgIpc) is 3.03. The molecule has 24 heavy (non-hydrogen) atoms. The Morgan fingerprint density at radius 3 is 2.67 bits per heavy atom. The van der Waals surface area contributed by atoms with Gasteiger partial charge in [-0.1, -0.05) is 41.7 Å². The lowest BCUT2D eigenvalue weighted by Gasteiger charge is -2.06. The minimum atomic E-state index is -0.870. The van der Waals surface area contributed by atoms with Crippen molar-refractivity contribution >= 4 is 22.4 Å². The predicted octanol–water partition coefficient (Wildman–Crippen LogP) is 3.50. The van der Waals surface area contributed by atoms with Gasteiger partial charge in [-0.05, 0) is 12.1 Å². The summed E-state index contributed by atoms with van der Waals surface area (Å²) < 4.78 is 31.2. The van der Waals surface area contributed by atoms with Crippen LogP contribution in [-0.4, -0.2) is 22.7 Å². The molecule has 1 aromatic heterocycles. The molecule has 0 spiro atoms. The quantitative estimate of drug-likeness (QED) is 0.767. The van der Waals surface area contributed by atoms with Crippen LogP contribution in [-0.2, 0) is 4.79 Å². The number of halogens is 2. The third-order valence-electron chi connectivity index (χ3n) is 2.94. The van der Waals surface area contributed by atoms with E-state index in [1.807, 2.05) is 30.3 Å². The van der Waals surface area contributed by atoms with Crippen molar-refractivity contribution < 1.29 is 18.3 Å². The Balaban J connectivity index is 1.58. The second-order valence-electron chi connectivity index (χ2n) is 4.69. The minimum absolute atomic E-state index is 0.200. The number of ether oxygens (including phenoxy) is 1. The number of carbonyl (C=O) groups is 1. The first-order valence-corrected chi connectivity index (χ1v) is 7.70. The Kier molecular flexibility index (Phi) is 4.76. The van der Waals surface area contributed by atoms with Crippen LogP contribution in [0.4, 0.5) is 13.9 Å². The maximum atomic E-state index is 13.4. The molecule has 1 heterocycles. The first-order chi connectivity index (χ1) is 11.6.